The number of carbonyl (C=O) groups excluding carboxylic acids is 1. The highest BCUT2D eigenvalue weighted by Crippen LogP contribution is 2.18. The first-order chi connectivity index (χ1) is 10.6. The summed E-state index contributed by atoms with van der Waals surface area (Å²) in [6.07, 6.45) is 2.88. The molecule has 0 atom stereocenters. The van der Waals surface area contributed by atoms with Crippen LogP contribution in [0.4, 0.5) is 0 Å². The predicted octanol–water partition coefficient (Wildman–Crippen LogP) is 4.09. The van der Waals surface area contributed by atoms with Gasteiger partial charge in [0.2, 0.25) is 0 Å². The van der Waals surface area contributed by atoms with E-state index in [4.69, 9.17) is 0 Å². The number of halogens is 1. The Morgan fingerprint density at radius 3 is 2.64 bits per heavy atom. The molecule has 0 fully saturated rings. The highest BCUT2D eigenvalue weighted by Gasteiger charge is 2.12. The second-order valence-corrected chi connectivity index (χ2v) is 6.59. The van der Waals surface area contributed by atoms with Gasteiger partial charge in [0.05, 0.1) is 0 Å². The van der Waals surface area contributed by atoms with E-state index >= 15 is 0 Å². The van der Waals surface area contributed by atoms with Gasteiger partial charge in [-0.25, -0.2) is 0 Å². The average Bonchev–Trinajstić information content (AvgIpc) is 2.96. The minimum Gasteiger partial charge on any atom is -0.361 e. The van der Waals surface area contributed by atoms with Crippen LogP contribution in [-0.2, 0) is 6.42 Å². The summed E-state index contributed by atoms with van der Waals surface area (Å²) in [7, 11) is 1.86. The Kier molecular flexibility index (Phi) is 4.47. The first-order valence-electron chi connectivity index (χ1n) is 7.21. The molecule has 0 aliphatic rings. The standard InChI is InChI=1S/C18H17IN2O/c1-21(18(22)13-6-8-15(19)9-7-13)11-10-14-12-20-17-5-3-2-4-16(14)17/h2-9,12,20H,10-11H2,1H3. The molecule has 0 bridgehead atoms. The van der Waals surface area contributed by atoms with E-state index in [0.29, 0.717) is 6.54 Å². The fourth-order valence-corrected chi connectivity index (χ4v) is 2.90. The molecule has 0 aliphatic carbocycles. The smallest absolute Gasteiger partial charge is 0.253 e. The van der Waals surface area contributed by atoms with E-state index in [1.165, 1.54) is 10.9 Å². The Morgan fingerprint density at radius 1 is 1.14 bits per heavy atom. The van der Waals surface area contributed by atoms with Crippen molar-refractivity contribution < 1.29 is 4.79 Å². The molecule has 0 radical (unpaired) electrons. The highest BCUT2D eigenvalue weighted by atomic mass is 127. The summed E-state index contributed by atoms with van der Waals surface area (Å²) in [5, 5.41) is 1.23. The van der Waals surface area contributed by atoms with E-state index in [2.05, 4.69) is 39.7 Å². The molecule has 1 N–H and O–H groups in total. The fraction of sp³-hybridized carbons (Fsp3) is 0.167. The van der Waals surface area contributed by atoms with Crippen molar-refractivity contribution in [1.29, 1.82) is 0 Å². The van der Waals surface area contributed by atoms with Crippen LogP contribution in [0, 0.1) is 3.57 Å². The third-order valence-electron chi connectivity index (χ3n) is 3.83. The van der Waals surface area contributed by atoms with Gasteiger partial charge in [-0.1, -0.05) is 18.2 Å². The summed E-state index contributed by atoms with van der Waals surface area (Å²) in [6.45, 7) is 0.701. The van der Waals surface area contributed by atoms with Crippen molar-refractivity contribution in [3.05, 3.63) is 69.4 Å². The highest BCUT2D eigenvalue weighted by molar-refractivity contribution is 14.1. The number of aromatic nitrogens is 1. The zero-order chi connectivity index (χ0) is 15.5. The van der Waals surface area contributed by atoms with Crippen LogP contribution in [0.25, 0.3) is 10.9 Å². The van der Waals surface area contributed by atoms with Crippen LogP contribution in [0.2, 0.25) is 0 Å². The Morgan fingerprint density at radius 2 is 1.86 bits per heavy atom. The second kappa shape index (κ2) is 6.52. The van der Waals surface area contributed by atoms with Crippen molar-refractivity contribution in [2.45, 2.75) is 6.42 Å². The zero-order valence-corrected chi connectivity index (χ0v) is 14.5. The number of H-pyrrole nitrogens is 1. The summed E-state index contributed by atoms with van der Waals surface area (Å²) >= 11 is 2.24. The van der Waals surface area contributed by atoms with Gasteiger partial charge in [0.1, 0.15) is 0 Å². The van der Waals surface area contributed by atoms with Gasteiger partial charge in [-0.05, 0) is 64.9 Å². The molecule has 2 aromatic carbocycles. The maximum Gasteiger partial charge on any atom is 0.253 e. The third kappa shape index (κ3) is 3.16. The number of para-hydroxylation sites is 1. The molecule has 0 saturated carbocycles. The lowest BCUT2D eigenvalue weighted by atomic mass is 10.1. The molecule has 0 spiro atoms. The number of fused-ring (bicyclic) bond motifs is 1. The normalized spacial score (nSPS) is 10.8. The van der Waals surface area contributed by atoms with Crippen LogP contribution < -0.4 is 0 Å². The van der Waals surface area contributed by atoms with Gasteiger partial charge < -0.3 is 9.88 Å². The molecular formula is C18H17IN2O. The Balaban J connectivity index is 1.68. The first-order valence-corrected chi connectivity index (χ1v) is 8.29. The lowest BCUT2D eigenvalue weighted by Gasteiger charge is -2.17. The van der Waals surface area contributed by atoms with Crippen molar-refractivity contribution in [1.82, 2.24) is 9.88 Å². The van der Waals surface area contributed by atoms with Crippen molar-refractivity contribution in [3.63, 3.8) is 0 Å². The summed E-state index contributed by atoms with van der Waals surface area (Å²) in [4.78, 5) is 17.5. The number of nitrogens with one attached hydrogen (secondary N) is 1. The topological polar surface area (TPSA) is 36.1 Å². The van der Waals surface area contributed by atoms with Gasteiger partial charge in [-0.15, -0.1) is 0 Å². The van der Waals surface area contributed by atoms with E-state index in [9.17, 15) is 4.79 Å². The molecule has 1 heterocycles. The molecule has 3 nitrogen and oxygen atoms in total. The van der Waals surface area contributed by atoms with E-state index in [-0.39, 0.29) is 5.91 Å². The summed E-state index contributed by atoms with van der Waals surface area (Å²) in [6, 6.07) is 15.9. The molecule has 112 valence electrons. The number of hydrogen-bond acceptors (Lipinski definition) is 1. The largest absolute Gasteiger partial charge is 0.361 e. The van der Waals surface area contributed by atoms with Crippen molar-refractivity contribution in [3.8, 4) is 0 Å². The predicted molar refractivity (Wildman–Crippen MR) is 98.1 cm³/mol. The van der Waals surface area contributed by atoms with Crippen LogP contribution in [0.15, 0.2) is 54.7 Å². The SMILES string of the molecule is CN(CCc1c[nH]c2ccccc12)C(=O)c1ccc(I)cc1. The molecule has 4 heteroatoms. The summed E-state index contributed by atoms with van der Waals surface area (Å²) in [5.74, 6) is 0.0660. The number of hydrogen-bond donors (Lipinski definition) is 1. The number of amides is 1. The second-order valence-electron chi connectivity index (χ2n) is 5.34. The van der Waals surface area contributed by atoms with Gasteiger partial charge in [0.25, 0.3) is 5.91 Å². The number of aromatic amines is 1. The van der Waals surface area contributed by atoms with Crippen LogP contribution in [0.5, 0.6) is 0 Å². The third-order valence-corrected chi connectivity index (χ3v) is 4.55. The number of rotatable bonds is 4. The number of likely N-dealkylation sites (N-methyl/N-ethyl adjacent to an activating group) is 1. The molecule has 3 aromatic rings. The average molecular weight is 404 g/mol. The molecule has 3 rings (SSSR count). The van der Waals surface area contributed by atoms with Gasteiger partial charge >= 0.3 is 0 Å². The zero-order valence-electron chi connectivity index (χ0n) is 12.3. The molecule has 0 unspecified atom stereocenters. The number of nitrogens with zero attached hydrogens (tertiary/aromatic N) is 1. The van der Waals surface area contributed by atoms with Crippen molar-refractivity contribution in [2.24, 2.45) is 0 Å². The molecule has 0 aliphatic heterocycles. The molecule has 0 saturated heterocycles. The summed E-state index contributed by atoms with van der Waals surface area (Å²) < 4.78 is 1.13. The van der Waals surface area contributed by atoms with Crippen LogP contribution >= 0.6 is 22.6 Å². The van der Waals surface area contributed by atoms with Gasteiger partial charge in [-0.2, -0.15) is 0 Å². The minimum atomic E-state index is 0.0660. The van der Waals surface area contributed by atoms with E-state index in [1.54, 1.807) is 4.90 Å². The monoisotopic (exact) mass is 404 g/mol. The van der Waals surface area contributed by atoms with Crippen LogP contribution in [0.1, 0.15) is 15.9 Å². The fourth-order valence-electron chi connectivity index (χ4n) is 2.54. The van der Waals surface area contributed by atoms with Gasteiger partial charge in [-0.3, -0.25) is 4.79 Å². The van der Waals surface area contributed by atoms with Crippen LogP contribution in [0.3, 0.4) is 0 Å². The van der Waals surface area contributed by atoms with Crippen molar-refractivity contribution in [2.75, 3.05) is 13.6 Å². The summed E-state index contributed by atoms with van der Waals surface area (Å²) in [5.41, 5.74) is 3.13. The van der Waals surface area contributed by atoms with Gasteiger partial charge in [0, 0.05) is 39.8 Å². The number of carbonyl (C=O) groups is 1. The van der Waals surface area contributed by atoms with E-state index in [1.807, 2.05) is 49.6 Å². The minimum absolute atomic E-state index is 0.0660. The van der Waals surface area contributed by atoms with E-state index < -0.39 is 0 Å². The lowest BCUT2D eigenvalue weighted by molar-refractivity contribution is 0.0796. The lowest BCUT2D eigenvalue weighted by Crippen LogP contribution is -2.28. The van der Waals surface area contributed by atoms with Crippen LogP contribution in [-0.4, -0.2) is 29.4 Å². The number of benzene rings is 2. The molecule has 22 heavy (non-hydrogen) atoms. The quantitative estimate of drug-likeness (QED) is 0.654. The first kappa shape index (κ1) is 15.1. The molecule has 1 amide bonds. The maximum atomic E-state index is 12.4. The van der Waals surface area contributed by atoms with Crippen molar-refractivity contribution >= 4 is 39.4 Å². The maximum absolute atomic E-state index is 12.4. The molecular weight excluding hydrogens is 387 g/mol. The Labute approximate surface area is 143 Å². The van der Waals surface area contributed by atoms with E-state index in [0.717, 1.165) is 21.1 Å². The Bertz CT molecular complexity index is 792. The molecule has 1 aromatic heterocycles. The van der Waals surface area contributed by atoms with Gasteiger partial charge in [0.15, 0.2) is 0 Å². The Hall–Kier alpha value is -1.82.